The molecule has 2 aromatic heterocycles. The van der Waals surface area contributed by atoms with Gasteiger partial charge in [-0.05, 0) is 22.9 Å². The van der Waals surface area contributed by atoms with E-state index in [1.807, 2.05) is 0 Å². The first-order chi connectivity index (χ1) is 11.6. The Labute approximate surface area is 134 Å². The average Bonchev–Trinajstić information content (AvgIpc) is 3.21. The van der Waals surface area contributed by atoms with Crippen LogP contribution in [0.15, 0.2) is 42.6 Å². The van der Waals surface area contributed by atoms with E-state index in [0.29, 0.717) is 6.54 Å². The molecule has 9 nitrogen and oxygen atoms in total. The normalized spacial score (nSPS) is 11.5. The molecule has 3 rings (SSSR count). The van der Waals surface area contributed by atoms with Crippen LogP contribution in [-0.4, -0.2) is 41.5 Å². The number of aromatic nitrogens is 6. The molecular formula is C14H11FN6O3. The number of nitrogens with zero attached hydrogens (tertiary/aromatic N) is 5. The van der Waals surface area contributed by atoms with E-state index >= 15 is 0 Å². The van der Waals surface area contributed by atoms with Crippen LogP contribution in [0, 0.1) is 5.82 Å². The van der Waals surface area contributed by atoms with Crippen molar-refractivity contribution in [1.29, 1.82) is 0 Å². The second kappa shape index (κ2) is 6.69. The largest absolute Gasteiger partial charge is 0.504 e. The molecule has 24 heavy (non-hydrogen) atoms. The molecule has 0 unspecified atom stereocenters. The summed E-state index contributed by atoms with van der Waals surface area (Å²) in [6.07, 6.45) is 2.42. The number of hydrogen-bond donors (Lipinski definition) is 2. The Balaban J connectivity index is 1.62. The smallest absolute Gasteiger partial charge is 0.341 e. The molecule has 0 bridgehead atoms. The van der Waals surface area contributed by atoms with Gasteiger partial charge in [-0.1, -0.05) is 12.1 Å². The van der Waals surface area contributed by atoms with Gasteiger partial charge < -0.3 is 9.84 Å². The van der Waals surface area contributed by atoms with Gasteiger partial charge >= 0.3 is 5.97 Å². The minimum Gasteiger partial charge on any atom is -0.504 e. The van der Waals surface area contributed by atoms with Crippen molar-refractivity contribution in [3.05, 3.63) is 59.8 Å². The predicted molar refractivity (Wildman–Crippen MR) is 78.1 cm³/mol. The minimum atomic E-state index is -0.843. The third kappa shape index (κ3) is 3.80. The maximum absolute atomic E-state index is 12.9. The Bertz CT molecular complexity index is 857. The van der Waals surface area contributed by atoms with Gasteiger partial charge in [-0.3, -0.25) is 4.68 Å². The van der Waals surface area contributed by atoms with Crippen LogP contribution in [0.3, 0.4) is 0 Å². The Morgan fingerprint density at radius 2 is 2.12 bits per heavy atom. The second-order valence-corrected chi connectivity index (χ2v) is 4.66. The third-order valence-electron chi connectivity index (χ3n) is 2.91. The summed E-state index contributed by atoms with van der Waals surface area (Å²) >= 11 is 0. The Morgan fingerprint density at radius 3 is 2.83 bits per heavy atom. The number of rotatable bonds is 5. The highest BCUT2D eigenvalue weighted by molar-refractivity contribution is 5.89. The van der Waals surface area contributed by atoms with Crippen LogP contribution in [0.2, 0.25) is 0 Å². The molecule has 0 radical (unpaired) electrons. The number of nitrogens with one attached hydrogen (secondary N) is 1. The molecule has 0 saturated heterocycles. The van der Waals surface area contributed by atoms with E-state index in [-0.39, 0.29) is 17.5 Å². The quantitative estimate of drug-likeness (QED) is 0.408. The number of benzene rings is 1. The number of ether oxygens (including phenoxy) is 1. The molecule has 10 heteroatoms. The van der Waals surface area contributed by atoms with Crippen LogP contribution in [0.5, 0.6) is 5.88 Å². The molecule has 3 aromatic rings. The van der Waals surface area contributed by atoms with Crippen molar-refractivity contribution in [3.63, 3.8) is 0 Å². The Morgan fingerprint density at radius 1 is 1.33 bits per heavy atom. The van der Waals surface area contributed by atoms with Crippen LogP contribution in [0.1, 0.15) is 11.4 Å². The van der Waals surface area contributed by atoms with Gasteiger partial charge in [0.1, 0.15) is 5.82 Å². The monoisotopic (exact) mass is 330 g/mol. The first kappa shape index (κ1) is 15.3. The fraction of sp³-hybridized carbons (Fsp3) is 0.0714. The van der Waals surface area contributed by atoms with Gasteiger partial charge in [-0.2, -0.15) is 5.21 Å². The van der Waals surface area contributed by atoms with Gasteiger partial charge in [0, 0.05) is 12.3 Å². The van der Waals surface area contributed by atoms with Crippen molar-refractivity contribution in [2.75, 3.05) is 0 Å². The van der Waals surface area contributed by atoms with E-state index in [4.69, 9.17) is 4.74 Å². The number of carbonyl (C=O) groups excluding carboxylic acids is 1. The minimum absolute atomic E-state index is 0.0549. The maximum atomic E-state index is 12.9. The van der Waals surface area contributed by atoms with Crippen molar-refractivity contribution in [1.82, 2.24) is 30.4 Å². The summed E-state index contributed by atoms with van der Waals surface area (Å²) in [5.74, 6) is -1.72. The molecule has 0 aliphatic carbocycles. The summed E-state index contributed by atoms with van der Waals surface area (Å²) in [6.45, 7) is 0.391. The highest BCUT2D eigenvalue weighted by Gasteiger charge is 2.10. The summed E-state index contributed by atoms with van der Waals surface area (Å²) in [5, 5.41) is 26.1. The maximum Gasteiger partial charge on any atom is 0.341 e. The number of aliphatic hydroxyl groups excluding tert-OH is 1. The lowest BCUT2D eigenvalue weighted by molar-refractivity contribution is -0.129. The predicted octanol–water partition coefficient (Wildman–Crippen LogP) is 1.09. The van der Waals surface area contributed by atoms with Crippen LogP contribution < -0.4 is 4.74 Å². The first-order valence-corrected chi connectivity index (χ1v) is 6.74. The Kier molecular flexibility index (Phi) is 4.27. The van der Waals surface area contributed by atoms with Gasteiger partial charge in [0.05, 0.1) is 12.6 Å². The lowest BCUT2D eigenvalue weighted by Gasteiger charge is -2.01. The summed E-state index contributed by atoms with van der Waals surface area (Å²) in [6, 6.07) is 7.46. The van der Waals surface area contributed by atoms with Crippen LogP contribution >= 0.6 is 0 Å². The standard InChI is InChI=1S/C14H11FN6O3/c15-10-3-1-9(2-4-10)8-21-6-5-12(18-21)24-13(23)7-11(22)14-16-19-20-17-14/h1-7,22H,8H2,(H,16,17,19,20). The molecule has 0 atom stereocenters. The lowest BCUT2D eigenvalue weighted by atomic mass is 10.2. The number of hydrogen-bond acceptors (Lipinski definition) is 7. The molecule has 2 N–H and O–H groups in total. The Hall–Kier alpha value is -3.56. The van der Waals surface area contributed by atoms with Crippen molar-refractivity contribution in [3.8, 4) is 5.88 Å². The van der Waals surface area contributed by atoms with Crippen molar-refractivity contribution < 1.29 is 19.0 Å². The zero-order valence-corrected chi connectivity index (χ0v) is 12.1. The van der Waals surface area contributed by atoms with Gasteiger partial charge in [-0.25, -0.2) is 9.18 Å². The fourth-order valence-corrected chi connectivity index (χ4v) is 1.84. The first-order valence-electron chi connectivity index (χ1n) is 6.74. The van der Waals surface area contributed by atoms with E-state index < -0.39 is 11.7 Å². The van der Waals surface area contributed by atoms with Gasteiger partial charge in [0.25, 0.3) is 0 Å². The number of halogens is 1. The number of esters is 1. The molecule has 0 saturated carbocycles. The van der Waals surface area contributed by atoms with Crippen LogP contribution in [0.25, 0.3) is 5.76 Å². The molecule has 0 aliphatic heterocycles. The zero-order valence-electron chi connectivity index (χ0n) is 12.1. The molecule has 2 heterocycles. The summed E-state index contributed by atoms with van der Waals surface area (Å²) in [4.78, 5) is 11.7. The number of aliphatic hydroxyl groups is 1. The van der Waals surface area contributed by atoms with Gasteiger partial charge in [-0.15, -0.1) is 15.3 Å². The average molecular weight is 330 g/mol. The topological polar surface area (TPSA) is 119 Å². The fourth-order valence-electron chi connectivity index (χ4n) is 1.84. The third-order valence-corrected chi connectivity index (χ3v) is 2.91. The van der Waals surface area contributed by atoms with Crippen molar-refractivity contribution >= 4 is 11.7 Å². The molecule has 1 aromatic carbocycles. The number of aromatic amines is 1. The van der Waals surface area contributed by atoms with Crippen LogP contribution in [0.4, 0.5) is 4.39 Å². The van der Waals surface area contributed by atoms with E-state index in [1.54, 1.807) is 18.3 Å². The van der Waals surface area contributed by atoms with Gasteiger partial charge in [0.2, 0.25) is 11.7 Å². The molecule has 0 fully saturated rings. The second-order valence-electron chi connectivity index (χ2n) is 4.66. The van der Waals surface area contributed by atoms with Crippen molar-refractivity contribution in [2.45, 2.75) is 6.54 Å². The summed E-state index contributed by atoms with van der Waals surface area (Å²) in [7, 11) is 0. The number of H-pyrrole nitrogens is 1. The highest BCUT2D eigenvalue weighted by Crippen LogP contribution is 2.11. The number of carbonyl (C=O) groups is 1. The summed E-state index contributed by atoms with van der Waals surface area (Å²) in [5.41, 5.74) is 0.840. The van der Waals surface area contributed by atoms with E-state index in [2.05, 4.69) is 25.7 Å². The molecular weight excluding hydrogens is 319 g/mol. The zero-order chi connectivity index (χ0) is 16.9. The summed E-state index contributed by atoms with van der Waals surface area (Å²) < 4.78 is 19.4. The van der Waals surface area contributed by atoms with Crippen LogP contribution in [-0.2, 0) is 11.3 Å². The van der Waals surface area contributed by atoms with E-state index in [0.717, 1.165) is 11.6 Å². The van der Waals surface area contributed by atoms with Gasteiger partial charge in [0.15, 0.2) is 5.76 Å². The SMILES string of the molecule is O=C(C=C(O)c1nn[nH]n1)Oc1ccn(Cc2ccc(F)cc2)n1. The number of tetrazole rings is 1. The lowest BCUT2D eigenvalue weighted by Crippen LogP contribution is -2.07. The molecule has 0 spiro atoms. The highest BCUT2D eigenvalue weighted by atomic mass is 19.1. The van der Waals surface area contributed by atoms with E-state index in [1.165, 1.54) is 22.9 Å². The molecule has 0 amide bonds. The van der Waals surface area contributed by atoms with Crippen molar-refractivity contribution in [2.24, 2.45) is 0 Å². The van der Waals surface area contributed by atoms with E-state index in [9.17, 15) is 14.3 Å². The molecule has 122 valence electrons. The molecule has 0 aliphatic rings.